The van der Waals surface area contributed by atoms with Crippen molar-refractivity contribution in [3.8, 4) is 16.9 Å². The number of aromatic nitrogens is 6. The number of aryl methyl sites for hydroxylation is 1. The van der Waals surface area contributed by atoms with Gasteiger partial charge in [-0.1, -0.05) is 0 Å². The van der Waals surface area contributed by atoms with E-state index in [1.807, 2.05) is 6.92 Å². The Morgan fingerprint density at radius 3 is 2.75 bits per heavy atom. The summed E-state index contributed by atoms with van der Waals surface area (Å²) in [6.45, 7) is 1.83. The van der Waals surface area contributed by atoms with Gasteiger partial charge in [0.2, 0.25) is 5.91 Å². The lowest BCUT2D eigenvalue weighted by molar-refractivity contribution is -0.129. The van der Waals surface area contributed by atoms with E-state index >= 15 is 0 Å². The van der Waals surface area contributed by atoms with Crippen molar-refractivity contribution in [1.82, 2.24) is 34.3 Å². The van der Waals surface area contributed by atoms with Crippen molar-refractivity contribution in [1.29, 1.82) is 0 Å². The number of halogens is 1. The quantitative estimate of drug-likeness (QED) is 0.492. The summed E-state index contributed by atoms with van der Waals surface area (Å²) >= 11 is 0. The van der Waals surface area contributed by atoms with Crippen molar-refractivity contribution < 1.29 is 13.9 Å². The zero-order valence-electron chi connectivity index (χ0n) is 17.7. The third kappa shape index (κ3) is 3.29. The number of hydrogen-bond donors (Lipinski definition) is 0. The molecule has 0 spiro atoms. The molecule has 1 atom stereocenters. The molecule has 0 N–H and O–H groups in total. The van der Waals surface area contributed by atoms with Crippen molar-refractivity contribution in [2.24, 2.45) is 7.05 Å². The summed E-state index contributed by atoms with van der Waals surface area (Å²) < 4.78 is 23.2. The lowest BCUT2D eigenvalue weighted by Gasteiger charge is -2.23. The molecule has 0 saturated carbocycles. The maximum Gasteiger partial charge on any atom is 0.231 e. The van der Waals surface area contributed by atoms with Gasteiger partial charge in [0.25, 0.3) is 0 Å². The van der Waals surface area contributed by atoms with Crippen LogP contribution in [0.4, 0.5) is 4.39 Å². The predicted octanol–water partition coefficient (Wildman–Crippen LogP) is 2.79. The van der Waals surface area contributed by atoms with Gasteiger partial charge in [-0.3, -0.25) is 18.9 Å². The maximum atomic E-state index is 14.8. The van der Waals surface area contributed by atoms with E-state index in [-0.39, 0.29) is 18.0 Å². The molecule has 9 nitrogen and oxygen atoms in total. The van der Waals surface area contributed by atoms with Crippen LogP contribution in [-0.4, -0.2) is 47.3 Å². The summed E-state index contributed by atoms with van der Waals surface area (Å²) in [6, 6.07) is 2.72. The molecule has 1 aliphatic rings. The Kier molecular flexibility index (Phi) is 4.69. The average Bonchev–Trinajstić information content (AvgIpc) is 3.37. The Hall–Kier alpha value is -4.08. The van der Waals surface area contributed by atoms with Crippen LogP contribution in [0.15, 0.2) is 43.1 Å². The van der Waals surface area contributed by atoms with E-state index in [9.17, 15) is 9.18 Å². The second-order valence-corrected chi connectivity index (χ2v) is 7.62. The van der Waals surface area contributed by atoms with E-state index < -0.39 is 11.9 Å². The number of amides is 1. The van der Waals surface area contributed by atoms with Gasteiger partial charge in [-0.05, 0) is 30.7 Å². The number of pyridine rings is 2. The summed E-state index contributed by atoms with van der Waals surface area (Å²) in [5.41, 5.74) is 2.97. The molecule has 1 amide bonds. The molecule has 162 valence electrons. The minimum absolute atomic E-state index is 0.0976. The van der Waals surface area contributed by atoms with Crippen LogP contribution in [0.25, 0.3) is 22.9 Å². The summed E-state index contributed by atoms with van der Waals surface area (Å²) in [7, 11) is 3.35. The van der Waals surface area contributed by atoms with E-state index in [1.165, 1.54) is 6.07 Å². The van der Waals surface area contributed by atoms with E-state index in [4.69, 9.17) is 4.74 Å². The summed E-state index contributed by atoms with van der Waals surface area (Å²) in [5.74, 6) is 0.398. The van der Waals surface area contributed by atoms with Gasteiger partial charge in [-0.2, -0.15) is 5.10 Å². The van der Waals surface area contributed by atoms with Gasteiger partial charge in [0.1, 0.15) is 5.75 Å². The molecule has 0 radical (unpaired) electrons. The number of rotatable bonds is 4. The van der Waals surface area contributed by atoms with Crippen LogP contribution in [0.2, 0.25) is 0 Å². The molecule has 0 bridgehead atoms. The van der Waals surface area contributed by atoms with Crippen LogP contribution in [0.3, 0.4) is 0 Å². The summed E-state index contributed by atoms with van der Waals surface area (Å²) in [4.78, 5) is 19.0. The fourth-order valence-corrected chi connectivity index (χ4v) is 3.84. The molecule has 32 heavy (non-hydrogen) atoms. The second kappa shape index (κ2) is 7.56. The molecular weight excluding hydrogens is 413 g/mol. The zero-order chi connectivity index (χ0) is 22.4. The van der Waals surface area contributed by atoms with Gasteiger partial charge < -0.3 is 9.64 Å². The third-order valence-electron chi connectivity index (χ3n) is 5.55. The largest absolute Gasteiger partial charge is 0.495 e. The number of nitrogens with zero attached hydrogens (tertiary/aromatic N) is 7. The molecule has 4 aromatic rings. The monoisotopic (exact) mass is 433 g/mol. The number of ether oxygens (including phenoxy) is 1. The molecule has 5 heterocycles. The van der Waals surface area contributed by atoms with Gasteiger partial charge in [-0.25, -0.2) is 4.39 Å². The summed E-state index contributed by atoms with van der Waals surface area (Å²) in [5, 5.41) is 12.4. The number of methoxy groups -OCH3 is 1. The van der Waals surface area contributed by atoms with Crippen molar-refractivity contribution in [2.75, 3.05) is 7.11 Å². The Balaban J connectivity index is 1.53. The molecule has 0 aliphatic carbocycles. The molecule has 1 aliphatic heterocycles. The van der Waals surface area contributed by atoms with Crippen LogP contribution >= 0.6 is 0 Å². The van der Waals surface area contributed by atoms with Crippen LogP contribution in [0.5, 0.6) is 5.75 Å². The lowest BCUT2D eigenvalue weighted by Crippen LogP contribution is -2.30. The minimum Gasteiger partial charge on any atom is -0.495 e. The van der Waals surface area contributed by atoms with Crippen LogP contribution in [0, 0.1) is 5.82 Å². The SMILES string of the molecule is COc1cnc2c(c1)CC(=O)N([C@@H](C)c1nnc3c(F)cc(-c4cnn(C)c4)cn13)C=C2. The topological polar surface area (TPSA) is 90.4 Å². The smallest absolute Gasteiger partial charge is 0.231 e. The zero-order valence-corrected chi connectivity index (χ0v) is 17.7. The number of carbonyl (C=O) groups is 1. The third-order valence-corrected chi connectivity index (χ3v) is 5.55. The predicted molar refractivity (Wildman–Crippen MR) is 114 cm³/mol. The first-order valence-electron chi connectivity index (χ1n) is 10.00. The van der Waals surface area contributed by atoms with Gasteiger partial charge in [0, 0.05) is 36.8 Å². The van der Waals surface area contributed by atoms with E-state index in [1.54, 1.807) is 71.3 Å². The minimum atomic E-state index is -0.501. The average molecular weight is 433 g/mol. The molecule has 0 saturated heterocycles. The van der Waals surface area contributed by atoms with Crippen LogP contribution in [-0.2, 0) is 18.3 Å². The molecule has 0 aromatic carbocycles. The first kappa shape index (κ1) is 19.9. The molecular formula is C22H20FN7O2. The Morgan fingerprint density at radius 2 is 2.00 bits per heavy atom. The Morgan fingerprint density at radius 1 is 1.16 bits per heavy atom. The van der Waals surface area contributed by atoms with E-state index in [0.29, 0.717) is 22.8 Å². The van der Waals surface area contributed by atoms with Gasteiger partial charge in [0.05, 0.1) is 37.7 Å². The fourth-order valence-electron chi connectivity index (χ4n) is 3.84. The highest BCUT2D eigenvalue weighted by Crippen LogP contribution is 2.28. The molecule has 5 rings (SSSR count). The molecule has 0 unspecified atom stereocenters. The number of carbonyl (C=O) groups excluding carboxylic acids is 1. The highest BCUT2D eigenvalue weighted by atomic mass is 19.1. The van der Waals surface area contributed by atoms with Gasteiger partial charge >= 0.3 is 0 Å². The van der Waals surface area contributed by atoms with Crippen molar-refractivity contribution in [3.05, 3.63) is 66.0 Å². The van der Waals surface area contributed by atoms with Crippen LogP contribution in [0.1, 0.15) is 30.0 Å². The standard InChI is InChI=1S/C22H20FN7O2/c1-13(29-5-4-19-14(8-20(29)31)6-17(32-3)10-24-19)21-26-27-22-18(23)7-15(12-30(21)22)16-9-25-28(2)11-16/h4-7,9-13H,8H2,1-3H3/t13-/m0/s1. The van der Waals surface area contributed by atoms with Crippen molar-refractivity contribution >= 4 is 17.6 Å². The van der Waals surface area contributed by atoms with Crippen molar-refractivity contribution in [2.45, 2.75) is 19.4 Å². The van der Waals surface area contributed by atoms with Crippen LogP contribution < -0.4 is 4.74 Å². The number of fused-ring (bicyclic) bond motifs is 2. The first-order chi connectivity index (χ1) is 15.4. The maximum absolute atomic E-state index is 14.8. The highest BCUT2D eigenvalue weighted by Gasteiger charge is 2.27. The van der Waals surface area contributed by atoms with Crippen molar-refractivity contribution in [3.63, 3.8) is 0 Å². The normalized spacial score (nSPS) is 14.5. The Labute approximate surface area is 182 Å². The number of hydrogen-bond acceptors (Lipinski definition) is 6. The van der Waals surface area contributed by atoms with Gasteiger partial charge in [-0.15, -0.1) is 10.2 Å². The van der Waals surface area contributed by atoms with E-state index in [2.05, 4.69) is 20.3 Å². The lowest BCUT2D eigenvalue weighted by atomic mass is 10.1. The van der Waals surface area contributed by atoms with E-state index in [0.717, 1.165) is 11.1 Å². The summed E-state index contributed by atoms with van der Waals surface area (Å²) in [6.07, 6.45) is 10.4. The fraction of sp³-hybridized carbons (Fsp3) is 0.227. The second-order valence-electron chi connectivity index (χ2n) is 7.62. The molecule has 4 aromatic heterocycles. The van der Waals surface area contributed by atoms with Gasteiger partial charge in [0.15, 0.2) is 17.3 Å². The Bertz CT molecular complexity index is 1370. The molecule has 0 fully saturated rings. The first-order valence-corrected chi connectivity index (χ1v) is 10.00. The highest BCUT2D eigenvalue weighted by molar-refractivity contribution is 5.83. The molecule has 10 heteroatoms.